The van der Waals surface area contributed by atoms with Crippen molar-refractivity contribution in [3.8, 4) is 18.2 Å². The fourth-order valence-electron chi connectivity index (χ4n) is 1.76. The lowest BCUT2D eigenvalue weighted by Crippen LogP contribution is -2.47. The maximum absolute atomic E-state index is 9.07. The van der Waals surface area contributed by atoms with Crippen molar-refractivity contribution < 1.29 is 0 Å². The Hall–Kier alpha value is -1.57. The summed E-state index contributed by atoms with van der Waals surface area (Å²) in [5.74, 6) is 0. The molecule has 0 spiro atoms. The van der Waals surface area contributed by atoms with E-state index in [9.17, 15) is 0 Å². The van der Waals surface area contributed by atoms with Gasteiger partial charge in [-0.15, -0.1) is 0 Å². The van der Waals surface area contributed by atoms with Gasteiger partial charge in [-0.1, -0.05) is 20.8 Å². The fraction of sp³-hybridized carbons (Fsp3) is 0.750. The molecule has 0 saturated carbocycles. The molecule has 0 fully saturated rings. The van der Waals surface area contributed by atoms with E-state index in [0.717, 1.165) is 0 Å². The first-order valence-electron chi connectivity index (χ1n) is 5.66. The van der Waals surface area contributed by atoms with Gasteiger partial charge in [0, 0.05) is 0 Å². The number of nitrogens with zero attached hydrogens (tertiary/aromatic N) is 4. The minimum absolute atomic E-state index is 0.353. The molecule has 0 radical (unpaired) electrons. The molecule has 0 aliphatic rings. The van der Waals surface area contributed by atoms with Crippen LogP contribution >= 0.6 is 0 Å². The Morgan fingerprint density at radius 3 is 1.12 bits per heavy atom. The molecule has 0 amide bonds. The largest absolute Gasteiger partial charge is 0.256 e. The Morgan fingerprint density at radius 1 is 0.750 bits per heavy atom. The van der Waals surface area contributed by atoms with Gasteiger partial charge < -0.3 is 0 Å². The van der Waals surface area contributed by atoms with Crippen LogP contribution in [-0.2, 0) is 0 Å². The summed E-state index contributed by atoms with van der Waals surface area (Å²) in [5.41, 5.74) is 0. The summed E-state index contributed by atoms with van der Waals surface area (Å²) >= 11 is 0. The van der Waals surface area contributed by atoms with Gasteiger partial charge in [0.25, 0.3) is 0 Å². The van der Waals surface area contributed by atoms with Crippen LogP contribution in [0.1, 0.15) is 40.0 Å². The highest BCUT2D eigenvalue weighted by molar-refractivity contribution is 5.07. The molecule has 0 N–H and O–H groups in total. The lowest BCUT2D eigenvalue weighted by atomic mass is 10.0. The molecule has 0 aromatic heterocycles. The Bertz CT molecular complexity index is 265. The summed E-state index contributed by atoms with van der Waals surface area (Å²) in [5, 5.41) is 27.2. The van der Waals surface area contributed by atoms with Crippen molar-refractivity contribution in [3.05, 3.63) is 0 Å². The minimum atomic E-state index is -0.353. The molecule has 86 valence electrons. The van der Waals surface area contributed by atoms with Crippen molar-refractivity contribution in [2.24, 2.45) is 0 Å². The zero-order valence-corrected chi connectivity index (χ0v) is 10.1. The summed E-state index contributed by atoms with van der Waals surface area (Å²) in [6, 6.07) is 5.46. The van der Waals surface area contributed by atoms with Crippen molar-refractivity contribution in [2.45, 2.75) is 58.2 Å². The highest BCUT2D eigenvalue weighted by atomic mass is 15.2. The standard InChI is InChI=1S/C12H18N4/c1-4-10(7-13)16(11(5-2)8-14)12(6-3)9-15/h10-12H,4-6H2,1-3H3. The normalized spacial score (nSPS) is 15.6. The van der Waals surface area contributed by atoms with Gasteiger partial charge in [0.2, 0.25) is 0 Å². The van der Waals surface area contributed by atoms with Crippen molar-refractivity contribution >= 4 is 0 Å². The van der Waals surface area contributed by atoms with Gasteiger partial charge in [-0.25, -0.2) is 0 Å². The van der Waals surface area contributed by atoms with E-state index in [0.29, 0.717) is 19.3 Å². The van der Waals surface area contributed by atoms with Crippen LogP contribution in [0.15, 0.2) is 0 Å². The van der Waals surface area contributed by atoms with Gasteiger partial charge in [0.1, 0.15) is 0 Å². The van der Waals surface area contributed by atoms with E-state index in [1.807, 2.05) is 20.8 Å². The number of hydrogen-bond donors (Lipinski definition) is 0. The van der Waals surface area contributed by atoms with Crippen LogP contribution in [0.25, 0.3) is 0 Å². The predicted octanol–water partition coefficient (Wildman–Crippen LogP) is 2.19. The Kier molecular flexibility index (Phi) is 6.93. The molecule has 4 nitrogen and oxygen atoms in total. The Morgan fingerprint density at radius 2 is 1.00 bits per heavy atom. The van der Waals surface area contributed by atoms with E-state index in [-0.39, 0.29) is 18.1 Å². The molecule has 4 heteroatoms. The third-order valence-corrected chi connectivity index (χ3v) is 2.69. The molecule has 0 aromatic carbocycles. The molecule has 0 saturated heterocycles. The van der Waals surface area contributed by atoms with Crippen molar-refractivity contribution in [1.29, 1.82) is 15.8 Å². The zero-order chi connectivity index (χ0) is 12.6. The van der Waals surface area contributed by atoms with E-state index in [2.05, 4.69) is 18.2 Å². The molecule has 0 aliphatic heterocycles. The lowest BCUT2D eigenvalue weighted by molar-refractivity contribution is 0.152. The molecular weight excluding hydrogens is 200 g/mol. The number of nitriles is 3. The van der Waals surface area contributed by atoms with Crippen LogP contribution < -0.4 is 0 Å². The van der Waals surface area contributed by atoms with Crippen LogP contribution in [0.3, 0.4) is 0 Å². The maximum atomic E-state index is 9.07. The van der Waals surface area contributed by atoms with Crippen LogP contribution in [0, 0.1) is 34.0 Å². The van der Waals surface area contributed by atoms with Gasteiger partial charge in [0.05, 0.1) is 36.3 Å². The van der Waals surface area contributed by atoms with E-state index in [1.165, 1.54) is 0 Å². The summed E-state index contributed by atoms with van der Waals surface area (Å²) in [7, 11) is 0. The Labute approximate surface area is 97.7 Å². The van der Waals surface area contributed by atoms with Crippen LogP contribution in [0.5, 0.6) is 0 Å². The highest BCUT2D eigenvalue weighted by Gasteiger charge is 2.30. The number of hydrogen-bond acceptors (Lipinski definition) is 4. The van der Waals surface area contributed by atoms with E-state index >= 15 is 0 Å². The van der Waals surface area contributed by atoms with Gasteiger partial charge >= 0.3 is 0 Å². The SMILES string of the molecule is CCC(C#N)N(C(C#N)CC)C(C#N)CC. The molecule has 16 heavy (non-hydrogen) atoms. The van der Waals surface area contributed by atoms with Gasteiger partial charge in [-0.05, 0) is 19.3 Å². The predicted molar refractivity (Wildman–Crippen MR) is 60.9 cm³/mol. The minimum Gasteiger partial charge on any atom is -0.256 e. The molecule has 3 atom stereocenters. The first-order valence-corrected chi connectivity index (χ1v) is 5.66. The fourth-order valence-corrected chi connectivity index (χ4v) is 1.76. The summed E-state index contributed by atoms with van der Waals surface area (Å²) < 4.78 is 0. The lowest BCUT2D eigenvalue weighted by Gasteiger charge is -2.33. The van der Waals surface area contributed by atoms with E-state index in [1.54, 1.807) is 4.90 Å². The zero-order valence-electron chi connectivity index (χ0n) is 10.1. The highest BCUT2D eigenvalue weighted by Crippen LogP contribution is 2.17. The van der Waals surface area contributed by atoms with Crippen LogP contribution in [0.4, 0.5) is 0 Å². The number of rotatable bonds is 6. The third kappa shape index (κ3) is 3.23. The average molecular weight is 218 g/mol. The first-order chi connectivity index (χ1) is 7.69. The van der Waals surface area contributed by atoms with Gasteiger partial charge in [0.15, 0.2) is 0 Å². The summed E-state index contributed by atoms with van der Waals surface area (Å²) in [6.07, 6.45) is 1.90. The topological polar surface area (TPSA) is 74.6 Å². The third-order valence-electron chi connectivity index (χ3n) is 2.69. The molecule has 0 aromatic rings. The molecule has 0 aliphatic carbocycles. The molecule has 0 rings (SSSR count). The Balaban J connectivity index is 5.13. The van der Waals surface area contributed by atoms with Crippen molar-refractivity contribution in [3.63, 3.8) is 0 Å². The van der Waals surface area contributed by atoms with Crippen molar-refractivity contribution in [2.75, 3.05) is 0 Å². The second-order valence-corrected chi connectivity index (χ2v) is 3.61. The second-order valence-electron chi connectivity index (χ2n) is 3.61. The van der Waals surface area contributed by atoms with E-state index in [4.69, 9.17) is 15.8 Å². The molecule has 0 heterocycles. The van der Waals surface area contributed by atoms with Gasteiger partial charge in [-0.2, -0.15) is 15.8 Å². The van der Waals surface area contributed by atoms with Crippen LogP contribution in [-0.4, -0.2) is 23.0 Å². The second kappa shape index (κ2) is 7.69. The molecule has 3 unspecified atom stereocenters. The van der Waals surface area contributed by atoms with Gasteiger partial charge in [-0.3, -0.25) is 4.90 Å². The quantitative estimate of drug-likeness (QED) is 0.685. The van der Waals surface area contributed by atoms with Crippen LogP contribution in [0.2, 0.25) is 0 Å². The maximum Gasteiger partial charge on any atom is 0.0996 e. The van der Waals surface area contributed by atoms with E-state index < -0.39 is 0 Å². The average Bonchev–Trinajstić information content (AvgIpc) is 2.33. The first kappa shape index (κ1) is 14.4. The summed E-state index contributed by atoms with van der Waals surface area (Å²) in [4.78, 5) is 1.75. The molecule has 0 bridgehead atoms. The molecular formula is C12H18N4. The van der Waals surface area contributed by atoms with Crippen molar-refractivity contribution in [1.82, 2.24) is 4.90 Å². The smallest absolute Gasteiger partial charge is 0.0996 e. The summed E-state index contributed by atoms with van der Waals surface area (Å²) in [6.45, 7) is 5.69. The monoisotopic (exact) mass is 218 g/mol.